The molecule has 1 aromatic heterocycles. The third-order valence-electron chi connectivity index (χ3n) is 7.02. The van der Waals surface area contributed by atoms with Crippen LogP contribution in [0.5, 0.6) is 0 Å². The van der Waals surface area contributed by atoms with Gasteiger partial charge in [-0.25, -0.2) is 4.57 Å². The summed E-state index contributed by atoms with van der Waals surface area (Å²) in [5, 5.41) is 0. The molecule has 0 spiro atoms. The summed E-state index contributed by atoms with van der Waals surface area (Å²) in [6.45, 7) is 12.3. The molecular weight excluding hydrogens is 232 g/mol. The molecule has 1 saturated heterocycles. The average Bonchev–Trinajstić information content (AvgIpc) is 2.59. The van der Waals surface area contributed by atoms with Crippen molar-refractivity contribution >= 4 is 5.82 Å². The van der Waals surface area contributed by atoms with Gasteiger partial charge in [0.2, 0.25) is 0 Å². The van der Waals surface area contributed by atoms with Gasteiger partial charge in [0, 0.05) is 16.9 Å². The van der Waals surface area contributed by atoms with Gasteiger partial charge in [0.1, 0.15) is 5.54 Å². The van der Waals surface area contributed by atoms with Gasteiger partial charge in [-0.15, -0.1) is 0 Å². The number of anilines is 1. The molecule has 1 aliphatic carbocycles. The van der Waals surface area contributed by atoms with Crippen molar-refractivity contribution < 1.29 is 4.57 Å². The molecule has 3 unspecified atom stereocenters. The van der Waals surface area contributed by atoms with E-state index in [4.69, 9.17) is 0 Å². The summed E-state index contributed by atoms with van der Waals surface area (Å²) in [5.74, 6) is 1.36. The van der Waals surface area contributed by atoms with E-state index in [1.54, 1.807) is 0 Å². The third kappa shape index (κ3) is 1.25. The fourth-order valence-electron chi connectivity index (χ4n) is 4.82. The van der Waals surface area contributed by atoms with E-state index in [-0.39, 0.29) is 5.54 Å². The lowest BCUT2D eigenvalue weighted by Gasteiger charge is -2.38. The molecule has 2 heteroatoms. The SMILES string of the molecule is CC1N(c2cccc[n+]2C)C2(C)CCC1(C)C2(C)C. The van der Waals surface area contributed by atoms with E-state index in [1.807, 2.05) is 0 Å². The zero-order valence-corrected chi connectivity index (χ0v) is 13.2. The molecule has 3 atom stereocenters. The summed E-state index contributed by atoms with van der Waals surface area (Å²) < 4.78 is 2.27. The molecule has 2 bridgehead atoms. The first-order valence-corrected chi connectivity index (χ1v) is 7.50. The Morgan fingerprint density at radius 1 is 1.16 bits per heavy atom. The van der Waals surface area contributed by atoms with Crippen molar-refractivity contribution in [1.82, 2.24) is 0 Å². The molecular formula is C17H27N2+. The minimum absolute atomic E-state index is 0.264. The van der Waals surface area contributed by atoms with Gasteiger partial charge in [-0.1, -0.05) is 26.8 Å². The van der Waals surface area contributed by atoms with Crippen molar-refractivity contribution in [2.45, 2.75) is 59.0 Å². The third-order valence-corrected chi connectivity index (χ3v) is 7.02. The molecule has 0 aromatic carbocycles. The Balaban J connectivity index is 2.18. The van der Waals surface area contributed by atoms with E-state index in [0.29, 0.717) is 16.9 Å². The lowest BCUT2D eigenvalue weighted by Crippen LogP contribution is -2.54. The van der Waals surface area contributed by atoms with Crippen LogP contribution in [0.1, 0.15) is 47.5 Å². The first-order chi connectivity index (χ1) is 8.76. The first-order valence-electron chi connectivity index (χ1n) is 7.50. The maximum Gasteiger partial charge on any atom is 0.276 e. The molecule has 104 valence electrons. The number of piperidine rings is 1. The average molecular weight is 259 g/mol. The molecule has 2 aliphatic rings. The highest BCUT2D eigenvalue weighted by Gasteiger charge is 2.74. The quantitative estimate of drug-likeness (QED) is 0.702. The van der Waals surface area contributed by atoms with Crippen LogP contribution in [0.4, 0.5) is 5.82 Å². The predicted octanol–water partition coefficient (Wildman–Crippen LogP) is 3.30. The van der Waals surface area contributed by atoms with Crippen LogP contribution >= 0.6 is 0 Å². The van der Waals surface area contributed by atoms with Crippen molar-refractivity contribution in [3.8, 4) is 0 Å². The molecule has 2 heterocycles. The van der Waals surface area contributed by atoms with Crippen LogP contribution in [0, 0.1) is 10.8 Å². The Kier molecular flexibility index (Phi) is 2.41. The lowest BCUT2D eigenvalue weighted by molar-refractivity contribution is -0.659. The second-order valence-corrected chi connectivity index (χ2v) is 7.53. The van der Waals surface area contributed by atoms with Gasteiger partial charge in [0.15, 0.2) is 0 Å². The highest BCUT2D eigenvalue weighted by molar-refractivity contribution is 5.48. The van der Waals surface area contributed by atoms with Crippen LogP contribution in [-0.4, -0.2) is 11.6 Å². The minimum atomic E-state index is 0.264. The van der Waals surface area contributed by atoms with Gasteiger partial charge in [-0.05, 0) is 32.8 Å². The number of hydrogen-bond donors (Lipinski definition) is 0. The zero-order chi connectivity index (χ0) is 14.1. The molecule has 0 radical (unpaired) electrons. The van der Waals surface area contributed by atoms with Crippen LogP contribution in [0.25, 0.3) is 0 Å². The van der Waals surface area contributed by atoms with Crippen LogP contribution in [-0.2, 0) is 7.05 Å². The minimum Gasteiger partial charge on any atom is -0.253 e. The van der Waals surface area contributed by atoms with Gasteiger partial charge in [-0.3, -0.25) is 4.90 Å². The van der Waals surface area contributed by atoms with Gasteiger partial charge in [0.25, 0.3) is 5.82 Å². The molecule has 1 aliphatic heterocycles. The van der Waals surface area contributed by atoms with E-state index in [0.717, 1.165) is 0 Å². The number of fused-ring (bicyclic) bond motifs is 2. The predicted molar refractivity (Wildman–Crippen MR) is 79.1 cm³/mol. The maximum absolute atomic E-state index is 2.69. The Morgan fingerprint density at radius 3 is 2.37 bits per heavy atom. The van der Waals surface area contributed by atoms with Crippen molar-refractivity contribution in [2.24, 2.45) is 17.9 Å². The number of hydrogen-bond acceptors (Lipinski definition) is 1. The van der Waals surface area contributed by atoms with Crippen LogP contribution in [0.3, 0.4) is 0 Å². The Labute approximate surface area is 117 Å². The van der Waals surface area contributed by atoms with Gasteiger partial charge in [0.05, 0.1) is 19.3 Å². The van der Waals surface area contributed by atoms with E-state index < -0.39 is 0 Å². The van der Waals surface area contributed by atoms with Gasteiger partial charge < -0.3 is 0 Å². The second kappa shape index (κ2) is 3.53. The first kappa shape index (κ1) is 13.0. The van der Waals surface area contributed by atoms with Crippen molar-refractivity contribution in [1.29, 1.82) is 0 Å². The van der Waals surface area contributed by atoms with Crippen molar-refractivity contribution in [3.05, 3.63) is 24.4 Å². The van der Waals surface area contributed by atoms with Crippen LogP contribution in [0.2, 0.25) is 0 Å². The summed E-state index contributed by atoms with van der Waals surface area (Å²) in [6.07, 6.45) is 4.81. The Hall–Kier alpha value is -1.05. The molecule has 1 saturated carbocycles. The second-order valence-electron chi connectivity index (χ2n) is 7.53. The molecule has 19 heavy (non-hydrogen) atoms. The standard InChI is InChI=1S/C17H27N2/c1-13-16(4)10-11-17(5,15(16,2)3)19(13)14-9-7-8-12-18(14)6/h7-9,12-13H,10-11H2,1-6H3/q+1. The molecule has 3 rings (SSSR count). The topological polar surface area (TPSA) is 7.12 Å². The summed E-state index contributed by atoms with van der Waals surface area (Å²) in [6, 6.07) is 7.13. The Bertz CT molecular complexity index is 519. The summed E-state index contributed by atoms with van der Waals surface area (Å²) in [7, 11) is 2.16. The number of aryl methyl sites for hydroxylation is 1. The normalized spacial score (nSPS) is 39.9. The largest absolute Gasteiger partial charge is 0.276 e. The molecule has 0 amide bonds. The smallest absolute Gasteiger partial charge is 0.253 e. The fraction of sp³-hybridized carbons (Fsp3) is 0.706. The summed E-state index contributed by atoms with van der Waals surface area (Å²) >= 11 is 0. The van der Waals surface area contributed by atoms with E-state index in [1.165, 1.54) is 18.7 Å². The highest BCUT2D eigenvalue weighted by atomic mass is 15.4. The summed E-state index contributed by atoms with van der Waals surface area (Å²) in [4.78, 5) is 2.69. The van der Waals surface area contributed by atoms with Gasteiger partial charge >= 0.3 is 0 Å². The van der Waals surface area contributed by atoms with Crippen LogP contribution < -0.4 is 9.47 Å². The monoisotopic (exact) mass is 259 g/mol. The molecule has 2 nitrogen and oxygen atoms in total. The number of aromatic nitrogens is 1. The maximum atomic E-state index is 2.69. The molecule has 2 fully saturated rings. The van der Waals surface area contributed by atoms with Crippen molar-refractivity contribution in [2.75, 3.05) is 4.90 Å². The highest BCUT2D eigenvalue weighted by Crippen LogP contribution is 2.68. The lowest BCUT2D eigenvalue weighted by atomic mass is 9.65. The number of pyridine rings is 1. The fourth-order valence-corrected chi connectivity index (χ4v) is 4.82. The van der Waals surface area contributed by atoms with E-state index in [2.05, 4.69) is 75.5 Å². The van der Waals surface area contributed by atoms with E-state index in [9.17, 15) is 0 Å². The molecule has 1 aromatic rings. The molecule has 0 N–H and O–H groups in total. The Morgan fingerprint density at radius 2 is 1.84 bits per heavy atom. The van der Waals surface area contributed by atoms with E-state index >= 15 is 0 Å². The summed E-state index contributed by atoms with van der Waals surface area (Å²) in [5.41, 5.74) is 1.02. The van der Waals surface area contributed by atoms with Crippen molar-refractivity contribution in [3.63, 3.8) is 0 Å². The zero-order valence-electron chi connectivity index (χ0n) is 13.2. The number of nitrogens with zero attached hydrogens (tertiary/aromatic N) is 2. The van der Waals surface area contributed by atoms with Gasteiger partial charge in [-0.2, -0.15) is 0 Å². The van der Waals surface area contributed by atoms with Crippen LogP contribution in [0.15, 0.2) is 24.4 Å². The number of rotatable bonds is 1.